The van der Waals surface area contributed by atoms with E-state index in [1.807, 2.05) is 13.0 Å². The first-order valence-corrected chi connectivity index (χ1v) is 7.21. The zero-order valence-electron chi connectivity index (χ0n) is 11.4. The zero-order chi connectivity index (χ0) is 13.1. The van der Waals surface area contributed by atoms with Crippen LogP contribution in [0.25, 0.3) is 0 Å². The molecule has 2 unspecified atom stereocenters. The maximum atomic E-state index is 6.13. The van der Waals surface area contributed by atoms with Gasteiger partial charge in [-0.05, 0) is 32.1 Å². The number of halogens is 1. The predicted molar refractivity (Wildman–Crippen MR) is 76.3 cm³/mol. The normalized spacial score (nSPS) is 23.6. The number of nitrogens with zero attached hydrogens (tertiary/aromatic N) is 2. The van der Waals surface area contributed by atoms with Gasteiger partial charge in [0, 0.05) is 29.6 Å². The molecule has 3 nitrogen and oxygen atoms in total. The molecule has 2 rings (SSSR count). The van der Waals surface area contributed by atoms with E-state index in [0.29, 0.717) is 17.2 Å². The molecular formula is C14H22ClN3. The van der Waals surface area contributed by atoms with Crippen LogP contribution < -0.4 is 5.32 Å². The molecule has 0 aliphatic heterocycles. The molecule has 1 fully saturated rings. The van der Waals surface area contributed by atoms with Crippen molar-refractivity contribution in [2.24, 2.45) is 5.92 Å². The van der Waals surface area contributed by atoms with Crippen molar-refractivity contribution >= 4 is 17.4 Å². The molecule has 1 aliphatic carbocycles. The van der Waals surface area contributed by atoms with E-state index in [1.165, 1.54) is 6.42 Å². The average Bonchev–Trinajstić information content (AvgIpc) is 2.72. The van der Waals surface area contributed by atoms with Gasteiger partial charge in [-0.2, -0.15) is 0 Å². The Labute approximate surface area is 114 Å². The first-order valence-electron chi connectivity index (χ1n) is 6.78. The Morgan fingerprint density at radius 1 is 1.39 bits per heavy atom. The van der Waals surface area contributed by atoms with Crippen molar-refractivity contribution in [2.45, 2.75) is 51.3 Å². The predicted octanol–water partition coefficient (Wildman–Crippen LogP) is 3.73. The molecule has 0 amide bonds. The highest BCUT2D eigenvalue weighted by Gasteiger charge is 2.22. The van der Waals surface area contributed by atoms with Crippen LogP contribution in [-0.2, 0) is 0 Å². The summed E-state index contributed by atoms with van der Waals surface area (Å²) in [5, 5.41) is 3.80. The van der Waals surface area contributed by atoms with E-state index in [0.717, 1.165) is 36.7 Å². The van der Waals surface area contributed by atoms with Crippen LogP contribution in [0.4, 0.5) is 5.82 Å². The van der Waals surface area contributed by atoms with Crippen LogP contribution >= 0.6 is 11.6 Å². The molecule has 4 heteroatoms. The lowest BCUT2D eigenvalue weighted by molar-refractivity contribution is 0.579. The van der Waals surface area contributed by atoms with Gasteiger partial charge in [0.2, 0.25) is 0 Å². The van der Waals surface area contributed by atoms with E-state index in [9.17, 15) is 0 Å². The van der Waals surface area contributed by atoms with Gasteiger partial charge in [0.15, 0.2) is 0 Å². The van der Waals surface area contributed by atoms with Gasteiger partial charge in [0.05, 0.1) is 0 Å². The van der Waals surface area contributed by atoms with Gasteiger partial charge in [-0.1, -0.05) is 13.8 Å². The number of alkyl halides is 1. The lowest BCUT2D eigenvalue weighted by atomic mass is 10.1. The van der Waals surface area contributed by atoms with Gasteiger partial charge < -0.3 is 5.32 Å². The van der Waals surface area contributed by atoms with Crippen LogP contribution in [0.15, 0.2) is 6.07 Å². The third kappa shape index (κ3) is 3.58. The number of aromatic nitrogens is 2. The number of hydrogen-bond acceptors (Lipinski definition) is 3. The molecule has 0 radical (unpaired) electrons. The standard InChI is InChI=1S/C14H22ClN3/c1-9(2)14-17-10(3)6-13(18-14)16-8-11-4-5-12(15)7-11/h6,9,11-12H,4-5,7-8H2,1-3H3,(H,16,17,18). The third-order valence-corrected chi connectivity index (χ3v) is 3.83. The first-order chi connectivity index (χ1) is 8.54. The van der Waals surface area contributed by atoms with Crippen molar-refractivity contribution in [1.29, 1.82) is 0 Å². The smallest absolute Gasteiger partial charge is 0.133 e. The Bertz CT molecular complexity index is 406. The SMILES string of the molecule is Cc1cc(NCC2CCC(Cl)C2)nc(C(C)C)n1. The topological polar surface area (TPSA) is 37.8 Å². The first kappa shape index (κ1) is 13.6. The fraction of sp³-hybridized carbons (Fsp3) is 0.714. The van der Waals surface area contributed by atoms with Crippen LogP contribution in [0, 0.1) is 12.8 Å². The summed E-state index contributed by atoms with van der Waals surface area (Å²) >= 11 is 6.13. The minimum Gasteiger partial charge on any atom is -0.370 e. The second kappa shape index (κ2) is 5.87. The number of aryl methyl sites for hydroxylation is 1. The van der Waals surface area contributed by atoms with E-state index >= 15 is 0 Å². The van der Waals surface area contributed by atoms with Crippen molar-refractivity contribution in [3.8, 4) is 0 Å². The Hall–Kier alpha value is -0.830. The van der Waals surface area contributed by atoms with E-state index in [4.69, 9.17) is 11.6 Å². The van der Waals surface area contributed by atoms with Crippen molar-refractivity contribution in [2.75, 3.05) is 11.9 Å². The van der Waals surface area contributed by atoms with E-state index in [1.54, 1.807) is 0 Å². The molecule has 18 heavy (non-hydrogen) atoms. The molecule has 0 saturated heterocycles. The molecule has 100 valence electrons. The van der Waals surface area contributed by atoms with Gasteiger partial charge >= 0.3 is 0 Å². The number of rotatable bonds is 4. The molecule has 1 saturated carbocycles. The third-order valence-electron chi connectivity index (χ3n) is 3.44. The molecule has 1 N–H and O–H groups in total. The summed E-state index contributed by atoms with van der Waals surface area (Å²) in [7, 11) is 0. The summed E-state index contributed by atoms with van der Waals surface area (Å²) in [6, 6.07) is 2.01. The fourth-order valence-corrected chi connectivity index (χ4v) is 2.77. The average molecular weight is 268 g/mol. The zero-order valence-corrected chi connectivity index (χ0v) is 12.2. The Balaban J connectivity index is 1.96. The van der Waals surface area contributed by atoms with Gasteiger partial charge in [0.25, 0.3) is 0 Å². The van der Waals surface area contributed by atoms with Crippen molar-refractivity contribution < 1.29 is 0 Å². The number of nitrogens with one attached hydrogen (secondary N) is 1. The highest BCUT2D eigenvalue weighted by molar-refractivity contribution is 6.20. The Morgan fingerprint density at radius 3 is 2.78 bits per heavy atom. The molecule has 0 spiro atoms. The van der Waals surface area contributed by atoms with Gasteiger partial charge in [-0.15, -0.1) is 11.6 Å². The van der Waals surface area contributed by atoms with Crippen molar-refractivity contribution in [3.05, 3.63) is 17.6 Å². The lowest BCUT2D eigenvalue weighted by Crippen LogP contribution is -2.14. The van der Waals surface area contributed by atoms with Crippen LogP contribution in [0.3, 0.4) is 0 Å². The molecule has 1 heterocycles. The number of hydrogen-bond donors (Lipinski definition) is 1. The summed E-state index contributed by atoms with van der Waals surface area (Å²) in [5.41, 5.74) is 1.03. The molecule has 1 aromatic rings. The van der Waals surface area contributed by atoms with Crippen molar-refractivity contribution in [1.82, 2.24) is 9.97 Å². The van der Waals surface area contributed by atoms with E-state index in [-0.39, 0.29) is 0 Å². The molecular weight excluding hydrogens is 246 g/mol. The summed E-state index contributed by atoms with van der Waals surface area (Å²) < 4.78 is 0. The molecule has 1 aromatic heterocycles. The van der Waals surface area contributed by atoms with Crippen LogP contribution in [-0.4, -0.2) is 21.9 Å². The van der Waals surface area contributed by atoms with Crippen LogP contribution in [0.2, 0.25) is 0 Å². The Kier molecular flexibility index (Phi) is 4.44. The van der Waals surface area contributed by atoms with Crippen LogP contribution in [0.5, 0.6) is 0 Å². The van der Waals surface area contributed by atoms with Crippen molar-refractivity contribution in [3.63, 3.8) is 0 Å². The van der Waals surface area contributed by atoms with E-state index < -0.39 is 0 Å². The summed E-state index contributed by atoms with van der Waals surface area (Å²) in [4.78, 5) is 9.01. The molecule has 0 aromatic carbocycles. The van der Waals surface area contributed by atoms with Gasteiger partial charge in [0.1, 0.15) is 11.6 Å². The minimum atomic E-state index is 0.365. The largest absolute Gasteiger partial charge is 0.370 e. The molecule has 1 aliphatic rings. The van der Waals surface area contributed by atoms with Gasteiger partial charge in [-0.3, -0.25) is 0 Å². The summed E-state index contributed by atoms with van der Waals surface area (Å²) in [6.45, 7) is 7.22. The second-order valence-electron chi connectivity index (χ2n) is 5.56. The molecule has 0 bridgehead atoms. The molecule has 2 atom stereocenters. The maximum absolute atomic E-state index is 6.13. The second-order valence-corrected chi connectivity index (χ2v) is 6.18. The Morgan fingerprint density at radius 2 is 2.17 bits per heavy atom. The lowest BCUT2D eigenvalue weighted by Gasteiger charge is -2.13. The quantitative estimate of drug-likeness (QED) is 0.845. The monoisotopic (exact) mass is 267 g/mol. The van der Waals surface area contributed by atoms with E-state index in [2.05, 4.69) is 29.1 Å². The fourth-order valence-electron chi connectivity index (χ4n) is 2.39. The maximum Gasteiger partial charge on any atom is 0.133 e. The highest BCUT2D eigenvalue weighted by atomic mass is 35.5. The van der Waals surface area contributed by atoms with Gasteiger partial charge in [-0.25, -0.2) is 9.97 Å². The highest BCUT2D eigenvalue weighted by Crippen LogP contribution is 2.29. The minimum absolute atomic E-state index is 0.365. The summed E-state index contributed by atoms with van der Waals surface area (Å²) in [6.07, 6.45) is 3.49. The van der Waals surface area contributed by atoms with Crippen LogP contribution in [0.1, 0.15) is 50.5 Å². The summed E-state index contributed by atoms with van der Waals surface area (Å²) in [5.74, 6) is 2.91. The number of anilines is 1.